The fraction of sp³-hybridized carbons (Fsp3) is 0.286. The summed E-state index contributed by atoms with van der Waals surface area (Å²) in [6, 6.07) is 0.388. The van der Waals surface area contributed by atoms with Crippen LogP contribution in [0.4, 0.5) is 18.0 Å². The van der Waals surface area contributed by atoms with E-state index in [2.05, 4.69) is 11.6 Å². The van der Waals surface area contributed by atoms with Gasteiger partial charge < -0.3 is 5.32 Å². The first kappa shape index (κ1) is 20.0. The lowest BCUT2D eigenvalue weighted by atomic mass is 10.4. The molecule has 0 unspecified atom stereocenters. The van der Waals surface area contributed by atoms with Crippen molar-refractivity contribution >= 4 is 45.3 Å². The summed E-state index contributed by atoms with van der Waals surface area (Å²) in [5.41, 5.74) is -0.290. The molecule has 7 nitrogen and oxygen atoms in total. The second kappa shape index (κ2) is 8.36. The maximum Gasteiger partial charge on any atom is 0.405 e. The number of carbonyl (C=O) groups is 2. The molecule has 3 amide bonds. The standard InChI is InChI=1S/C14H13F3N4O3S2/c1-2-4-21-11(23)8-3-5-25-10(8)20-13(21)26-6-9(22)19-12(24)18-7-14(15,16)17/h2-3,5H,1,4,6-7H2,(H2,18,19,22,24). The Morgan fingerprint density at radius 1 is 1.42 bits per heavy atom. The fourth-order valence-electron chi connectivity index (χ4n) is 1.85. The Labute approximate surface area is 153 Å². The second-order valence-corrected chi connectivity index (χ2v) is 6.71. The molecule has 0 aliphatic heterocycles. The number of thiophene rings is 1. The number of amides is 3. The highest BCUT2D eigenvalue weighted by Gasteiger charge is 2.28. The maximum absolute atomic E-state index is 12.4. The highest BCUT2D eigenvalue weighted by atomic mass is 32.2. The summed E-state index contributed by atoms with van der Waals surface area (Å²) >= 11 is 2.15. The molecule has 0 bridgehead atoms. The average molecular weight is 406 g/mol. The quantitative estimate of drug-likeness (QED) is 0.436. The van der Waals surface area contributed by atoms with Gasteiger partial charge in [-0.3, -0.25) is 19.5 Å². The van der Waals surface area contributed by atoms with Gasteiger partial charge in [0.1, 0.15) is 11.4 Å². The van der Waals surface area contributed by atoms with Crippen molar-refractivity contribution in [1.82, 2.24) is 20.2 Å². The number of imide groups is 1. The minimum absolute atomic E-state index is 0.174. The number of aromatic nitrogens is 2. The van der Waals surface area contributed by atoms with Gasteiger partial charge in [-0.25, -0.2) is 9.78 Å². The number of carbonyl (C=O) groups excluding carboxylic acids is 2. The first-order valence-corrected chi connectivity index (χ1v) is 8.94. The van der Waals surface area contributed by atoms with Crippen molar-refractivity contribution in [3.63, 3.8) is 0 Å². The van der Waals surface area contributed by atoms with Crippen LogP contribution in [0.25, 0.3) is 10.2 Å². The first-order valence-electron chi connectivity index (χ1n) is 7.07. The van der Waals surface area contributed by atoms with Crippen molar-refractivity contribution in [2.45, 2.75) is 17.9 Å². The van der Waals surface area contributed by atoms with Crippen molar-refractivity contribution in [2.75, 3.05) is 12.3 Å². The van der Waals surface area contributed by atoms with Crippen molar-refractivity contribution in [3.8, 4) is 0 Å². The Bertz CT molecular complexity index is 892. The van der Waals surface area contributed by atoms with Crippen molar-refractivity contribution in [2.24, 2.45) is 0 Å². The molecule has 0 fully saturated rings. The number of rotatable bonds is 6. The third-order valence-corrected chi connectivity index (χ3v) is 4.68. The number of alkyl halides is 3. The SMILES string of the molecule is C=CCn1c(SCC(=O)NC(=O)NCC(F)(F)F)nc2sccc2c1=O. The van der Waals surface area contributed by atoms with Gasteiger partial charge in [0.2, 0.25) is 5.91 Å². The molecule has 12 heteroatoms. The van der Waals surface area contributed by atoms with Crippen LogP contribution >= 0.6 is 23.1 Å². The number of halogens is 3. The summed E-state index contributed by atoms with van der Waals surface area (Å²) in [6.45, 7) is 2.19. The lowest BCUT2D eigenvalue weighted by molar-refractivity contribution is -0.124. The van der Waals surface area contributed by atoms with E-state index < -0.39 is 24.7 Å². The Morgan fingerprint density at radius 2 is 2.15 bits per heavy atom. The predicted octanol–water partition coefficient (Wildman–Crippen LogP) is 2.12. The van der Waals surface area contributed by atoms with Crippen LogP contribution < -0.4 is 16.2 Å². The molecule has 0 spiro atoms. The van der Waals surface area contributed by atoms with E-state index in [1.54, 1.807) is 16.8 Å². The molecular formula is C14H13F3N4O3S2. The normalized spacial score (nSPS) is 11.3. The Morgan fingerprint density at radius 3 is 2.81 bits per heavy atom. The van der Waals surface area contributed by atoms with Crippen LogP contribution in [0.1, 0.15) is 0 Å². The molecular weight excluding hydrogens is 393 g/mol. The molecule has 26 heavy (non-hydrogen) atoms. The molecule has 0 radical (unpaired) electrons. The lowest BCUT2D eigenvalue weighted by Crippen LogP contribution is -2.44. The van der Waals surface area contributed by atoms with Crippen LogP contribution in [-0.4, -0.2) is 40.0 Å². The number of urea groups is 1. The molecule has 0 saturated carbocycles. The number of nitrogens with one attached hydrogen (secondary N) is 2. The van der Waals surface area contributed by atoms with Gasteiger partial charge in [0.05, 0.1) is 11.1 Å². The largest absolute Gasteiger partial charge is 0.405 e. The number of allylic oxidation sites excluding steroid dienone is 1. The Hall–Kier alpha value is -2.34. The van der Waals surface area contributed by atoms with E-state index in [0.29, 0.717) is 10.2 Å². The van der Waals surface area contributed by atoms with Gasteiger partial charge in [-0.15, -0.1) is 17.9 Å². The summed E-state index contributed by atoms with van der Waals surface area (Å²) in [4.78, 5) is 40.2. The van der Waals surface area contributed by atoms with E-state index in [1.807, 2.05) is 0 Å². The molecule has 0 aliphatic rings. The summed E-state index contributed by atoms with van der Waals surface area (Å²) in [5, 5.41) is 5.70. The molecule has 0 saturated heterocycles. The number of fused-ring (bicyclic) bond motifs is 1. The molecule has 0 atom stereocenters. The zero-order valence-electron chi connectivity index (χ0n) is 13.1. The van der Waals surface area contributed by atoms with E-state index >= 15 is 0 Å². The number of thioether (sulfide) groups is 1. The third-order valence-electron chi connectivity index (χ3n) is 2.89. The van der Waals surface area contributed by atoms with Gasteiger partial charge in [0, 0.05) is 6.54 Å². The minimum Gasteiger partial charge on any atom is -0.329 e. The van der Waals surface area contributed by atoms with Gasteiger partial charge in [0.25, 0.3) is 5.56 Å². The van der Waals surface area contributed by atoms with Gasteiger partial charge in [-0.2, -0.15) is 13.2 Å². The van der Waals surface area contributed by atoms with Crippen LogP contribution in [0, 0.1) is 0 Å². The van der Waals surface area contributed by atoms with Gasteiger partial charge in [0.15, 0.2) is 5.16 Å². The Kier molecular flexibility index (Phi) is 6.42. The van der Waals surface area contributed by atoms with Crippen molar-refractivity contribution in [3.05, 3.63) is 34.5 Å². The summed E-state index contributed by atoms with van der Waals surface area (Å²) < 4.78 is 37.3. The van der Waals surface area contributed by atoms with Crippen LogP contribution in [-0.2, 0) is 11.3 Å². The minimum atomic E-state index is -4.57. The highest BCUT2D eigenvalue weighted by Crippen LogP contribution is 2.21. The first-order chi connectivity index (χ1) is 12.2. The summed E-state index contributed by atoms with van der Waals surface area (Å²) in [7, 11) is 0. The van der Waals surface area contributed by atoms with Gasteiger partial charge in [-0.05, 0) is 11.4 Å². The van der Waals surface area contributed by atoms with Gasteiger partial charge in [-0.1, -0.05) is 17.8 Å². The molecule has 2 rings (SSSR count). The smallest absolute Gasteiger partial charge is 0.329 e. The van der Waals surface area contributed by atoms with E-state index in [9.17, 15) is 27.6 Å². The fourth-order valence-corrected chi connectivity index (χ4v) is 3.46. The zero-order chi connectivity index (χ0) is 19.3. The molecule has 140 valence electrons. The number of hydrogen-bond donors (Lipinski definition) is 2. The second-order valence-electron chi connectivity index (χ2n) is 4.87. The third kappa shape index (κ3) is 5.33. The van der Waals surface area contributed by atoms with E-state index in [-0.39, 0.29) is 23.0 Å². The maximum atomic E-state index is 12.4. The van der Waals surface area contributed by atoms with Crippen LogP contribution in [0.2, 0.25) is 0 Å². The molecule has 2 N–H and O–H groups in total. The van der Waals surface area contributed by atoms with Crippen molar-refractivity contribution < 1.29 is 22.8 Å². The average Bonchev–Trinajstić information content (AvgIpc) is 3.02. The van der Waals surface area contributed by atoms with Crippen molar-refractivity contribution in [1.29, 1.82) is 0 Å². The number of nitrogens with zero attached hydrogens (tertiary/aromatic N) is 2. The monoisotopic (exact) mass is 406 g/mol. The van der Waals surface area contributed by atoms with E-state index in [1.165, 1.54) is 27.3 Å². The molecule has 0 aromatic carbocycles. The van der Waals surface area contributed by atoms with E-state index in [0.717, 1.165) is 11.8 Å². The lowest BCUT2D eigenvalue weighted by Gasteiger charge is -2.11. The summed E-state index contributed by atoms with van der Waals surface area (Å²) in [5.74, 6) is -1.12. The molecule has 0 aliphatic carbocycles. The topological polar surface area (TPSA) is 93.1 Å². The van der Waals surface area contributed by atoms with Crippen LogP contribution in [0.15, 0.2) is 34.1 Å². The number of hydrogen-bond acceptors (Lipinski definition) is 6. The Balaban J connectivity index is 2.03. The molecule has 2 heterocycles. The van der Waals surface area contributed by atoms with E-state index in [4.69, 9.17) is 0 Å². The van der Waals surface area contributed by atoms with Gasteiger partial charge >= 0.3 is 12.2 Å². The zero-order valence-corrected chi connectivity index (χ0v) is 14.8. The summed E-state index contributed by atoms with van der Waals surface area (Å²) in [6.07, 6.45) is -3.08. The van der Waals surface area contributed by atoms with Crippen LogP contribution in [0.5, 0.6) is 0 Å². The highest BCUT2D eigenvalue weighted by molar-refractivity contribution is 7.99. The predicted molar refractivity (Wildman–Crippen MR) is 92.4 cm³/mol. The molecule has 2 aromatic rings. The molecule has 2 aromatic heterocycles. The van der Waals surface area contributed by atoms with Crippen LogP contribution in [0.3, 0.4) is 0 Å².